The van der Waals surface area contributed by atoms with Crippen molar-refractivity contribution in [2.75, 3.05) is 26.2 Å². The Morgan fingerprint density at radius 2 is 2.05 bits per heavy atom. The van der Waals surface area contributed by atoms with Gasteiger partial charge in [-0.25, -0.2) is 0 Å². The number of halogens is 1. The number of amides is 1. The van der Waals surface area contributed by atoms with Gasteiger partial charge >= 0.3 is 0 Å². The van der Waals surface area contributed by atoms with Gasteiger partial charge in [-0.3, -0.25) is 9.89 Å². The molecule has 1 saturated heterocycles. The number of H-pyrrole nitrogens is 1. The van der Waals surface area contributed by atoms with E-state index in [4.69, 9.17) is 0 Å². The molecule has 2 rings (SSSR count). The van der Waals surface area contributed by atoms with Crippen LogP contribution in [0.1, 0.15) is 43.4 Å². The fourth-order valence-corrected chi connectivity index (χ4v) is 2.03. The lowest BCUT2D eigenvalue weighted by atomic mass is 9.92. The molecule has 1 aromatic heterocycles. The molecule has 0 radical (unpaired) electrons. The zero-order valence-electron chi connectivity index (χ0n) is 11.8. The van der Waals surface area contributed by atoms with Crippen LogP contribution in [-0.4, -0.2) is 47.2 Å². The van der Waals surface area contributed by atoms with Crippen LogP contribution in [0.3, 0.4) is 0 Å². The highest BCUT2D eigenvalue weighted by Gasteiger charge is 2.23. The molecule has 5 nitrogen and oxygen atoms in total. The van der Waals surface area contributed by atoms with Gasteiger partial charge in [0, 0.05) is 30.7 Å². The van der Waals surface area contributed by atoms with E-state index in [1.54, 1.807) is 0 Å². The van der Waals surface area contributed by atoms with Crippen LogP contribution in [-0.2, 0) is 5.41 Å². The maximum Gasteiger partial charge on any atom is 0.274 e. The Labute approximate surface area is 120 Å². The van der Waals surface area contributed by atoms with Crippen LogP contribution in [0.2, 0.25) is 0 Å². The Balaban J connectivity index is 0.00000180. The molecule has 2 N–H and O–H groups in total. The van der Waals surface area contributed by atoms with Gasteiger partial charge in [0.15, 0.2) is 0 Å². The van der Waals surface area contributed by atoms with E-state index in [0.29, 0.717) is 5.69 Å². The third-order valence-electron chi connectivity index (χ3n) is 3.23. The van der Waals surface area contributed by atoms with Crippen molar-refractivity contribution in [3.05, 3.63) is 17.5 Å². The second-order valence-corrected chi connectivity index (χ2v) is 5.81. The van der Waals surface area contributed by atoms with E-state index in [1.807, 2.05) is 11.0 Å². The first-order valence-corrected chi connectivity index (χ1v) is 6.54. The predicted molar refractivity (Wildman–Crippen MR) is 77.9 cm³/mol. The summed E-state index contributed by atoms with van der Waals surface area (Å²) in [6, 6.07) is 1.88. The van der Waals surface area contributed by atoms with Crippen molar-refractivity contribution in [2.24, 2.45) is 0 Å². The van der Waals surface area contributed by atoms with Crippen LogP contribution in [0.15, 0.2) is 6.07 Å². The van der Waals surface area contributed by atoms with E-state index < -0.39 is 0 Å². The zero-order valence-corrected chi connectivity index (χ0v) is 12.6. The molecule has 0 atom stereocenters. The number of aromatic amines is 1. The van der Waals surface area contributed by atoms with E-state index in [0.717, 1.165) is 38.3 Å². The van der Waals surface area contributed by atoms with Gasteiger partial charge in [0.1, 0.15) is 5.69 Å². The van der Waals surface area contributed by atoms with Gasteiger partial charge in [0.2, 0.25) is 0 Å². The quantitative estimate of drug-likeness (QED) is 0.824. The Hall–Kier alpha value is -1.07. The summed E-state index contributed by atoms with van der Waals surface area (Å²) >= 11 is 0. The van der Waals surface area contributed by atoms with Gasteiger partial charge in [-0.1, -0.05) is 20.8 Å². The van der Waals surface area contributed by atoms with Crippen LogP contribution in [0.25, 0.3) is 0 Å². The molecule has 0 bridgehead atoms. The number of nitrogens with zero attached hydrogens (tertiary/aromatic N) is 2. The normalized spacial score (nSPS) is 16.7. The highest BCUT2D eigenvalue weighted by atomic mass is 35.5. The van der Waals surface area contributed by atoms with E-state index in [2.05, 4.69) is 36.3 Å². The topological polar surface area (TPSA) is 61.0 Å². The van der Waals surface area contributed by atoms with Crippen LogP contribution in [0.4, 0.5) is 0 Å². The third kappa shape index (κ3) is 3.94. The van der Waals surface area contributed by atoms with Gasteiger partial charge in [-0.2, -0.15) is 5.10 Å². The minimum atomic E-state index is -0.00806. The Kier molecular flexibility index (Phi) is 5.38. The Morgan fingerprint density at radius 3 is 2.68 bits per heavy atom. The predicted octanol–water partition coefficient (Wildman–Crippen LogP) is 1.56. The summed E-state index contributed by atoms with van der Waals surface area (Å²) in [4.78, 5) is 14.2. The van der Waals surface area contributed by atoms with Crippen molar-refractivity contribution < 1.29 is 4.79 Å². The molecular weight excluding hydrogens is 264 g/mol. The lowest BCUT2D eigenvalue weighted by Crippen LogP contribution is -2.34. The molecule has 2 heterocycles. The number of rotatable bonds is 1. The largest absolute Gasteiger partial charge is 0.336 e. The van der Waals surface area contributed by atoms with Crippen molar-refractivity contribution in [1.82, 2.24) is 20.4 Å². The van der Waals surface area contributed by atoms with Crippen LogP contribution in [0.5, 0.6) is 0 Å². The van der Waals surface area contributed by atoms with Gasteiger partial charge in [-0.15, -0.1) is 12.4 Å². The molecule has 1 aliphatic rings. The number of aromatic nitrogens is 2. The third-order valence-corrected chi connectivity index (χ3v) is 3.23. The number of hydrogen-bond donors (Lipinski definition) is 2. The summed E-state index contributed by atoms with van der Waals surface area (Å²) in [7, 11) is 0. The number of carbonyl (C=O) groups is 1. The van der Waals surface area contributed by atoms with Crippen LogP contribution >= 0.6 is 12.4 Å². The van der Waals surface area contributed by atoms with Crippen molar-refractivity contribution in [3.63, 3.8) is 0 Å². The molecule has 0 aliphatic carbocycles. The average molecular weight is 287 g/mol. The van der Waals surface area contributed by atoms with E-state index in [-0.39, 0.29) is 23.7 Å². The maximum atomic E-state index is 12.3. The van der Waals surface area contributed by atoms with E-state index in [1.165, 1.54) is 0 Å². The Bertz CT molecular complexity index is 417. The molecule has 6 heteroatoms. The van der Waals surface area contributed by atoms with Gasteiger partial charge in [-0.05, 0) is 19.0 Å². The second-order valence-electron chi connectivity index (χ2n) is 5.81. The molecular formula is C13H23ClN4O. The van der Waals surface area contributed by atoms with E-state index in [9.17, 15) is 4.79 Å². The first-order valence-electron chi connectivity index (χ1n) is 6.54. The second kappa shape index (κ2) is 6.39. The van der Waals surface area contributed by atoms with Crippen molar-refractivity contribution in [1.29, 1.82) is 0 Å². The molecule has 19 heavy (non-hydrogen) atoms. The summed E-state index contributed by atoms with van der Waals surface area (Å²) in [6.45, 7) is 9.72. The summed E-state index contributed by atoms with van der Waals surface area (Å²) in [5, 5.41) is 10.4. The van der Waals surface area contributed by atoms with Crippen molar-refractivity contribution in [2.45, 2.75) is 32.6 Å². The summed E-state index contributed by atoms with van der Waals surface area (Å²) < 4.78 is 0. The zero-order chi connectivity index (χ0) is 13.2. The first kappa shape index (κ1) is 16.0. The molecule has 1 aromatic rings. The smallest absolute Gasteiger partial charge is 0.274 e. The van der Waals surface area contributed by atoms with E-state index >= 15 is 0 Å². The lowest BCUT2D eigenvalue weighted by molar-refractivity contribution is 0.0760. The minimum absolute atomic E-state index is 0. The average Bonchev–Trinajstić information content (AvgIpc) is 2.65. The molecule has 0 aromatic carbocycles. The van der Waals surface area contributed by atoms with Crippen LogP contribution < -0.4 is 5.32 Å². The first-order chi connectivity index (χ1) is 8.48. The SMILES string of the molecule is CC(C)(C)c1cc(C(=O)N2CCCNCC2)n[nH]1.Cl. The Morgan fingerprint density at radius 1 is 1.32 bits per heavy atom. The monoisotopic (exact) mass is 286 g/mol. The fraction of sp³-hybridized carbons (Fsp3) is 0.692. The molecule has 0 spiro atoms. The van der Waals surface area contributed by atoms with Gasteiger partial charge < -0.3 is 10.2 Å². The summed E-state index contributed by atoms with van der Waals surface area (Å²) in [6.07, 6.45) is 1.00. The number of hydrogen-bond acceptors (Lipinski definition) is 3. The molecule has 108 valence electrons. The van der Waals surface area contributed by atoms with Gasteiger partial charge in [0.05, 0.1) is 0 Å². The minimum Gasteiger partial charge on any atom is -0.336 e. The number of carbonyl (C=O) groups excluding carboxylic acids is 1. The standard InChI is InChI=1S/C13H22N4O.ClH/c1-13(2,3)11-9-10(15-16-11)12(18)17-7-4-5-14-6-8-17;/h9,14H,4-8H2,1-3H3,(H,15,16);1H. The highest BCUT2D eigenvalue weighted by molar-refractivity contribution is 5.92. The number of nitrogens with one attached hydrogen (secondary N) is 2. The van der Waals surface area contributed by atoms with Crippen molar-refractivity contribution in [3.8, 4) is 0 Å². The molecule has 0 unspecified atom stereocenters. The summed E-state index contributed by atoms with van der Waals surface area (Å²) in [5.41, 5.74) is 1.52. The fourth-order valence-electron chi connectivity index (χ4n) is 2.03. The summed E-state index contributed by atoms with van der Waals surface area (Å²) in [5.74, 6) is 0.0328. The molecule has 1 aliphatic heterocycles. The van der Waals surface area contributed by atoms with Crippen LogP contribution in [0, 0.1) is 0 Å². The van der Waals surface area contributed by atoms with Gasteiger partial charge in [0.25, 0.3) is 5.91 Å². The molecule has 1 fully saturated rings. The van der Waals surface area contributed by atoms with Crippen molar-refractivity contribution >= 4 is 18.3 Å². The lowest BCUT2D eigenvalue weighted by Gasteiger charge is -2.18. The highest BCUT2D eigenvalue weighted by Crippen LogP contribution is 2.20. The molecule has 1 amide bonds. The molecule has 0 saturated carbocycles. The maximum absolute atomic E-state index is 12.3.